The summed E-state index contributed by atoms with van der Waals surface area (Å²) in [6.07, 6.45) is -6.31. The molecule has 166 valence electrons. The molecular weight excluding hydrogens is 438 g/mol. The highest BCUT2D eigenvalue weighted by Crippen LogP contribution is 2.34. The van der Waals surface area contributed by atoms with Crippen molar-refractivity contribution >= 4 is 23.2 Å². The van der Waals surface area contributed by atoms with Crippen LogP contribution in [0.25, 0.3) is 0 Å². The quantitative estimate of drug-likeness (QED) is 0.495. The van der Waals surface area contributed by atoms with Crippen molar-refractivity contribution in [3.05, 3.63) is 63.2 Å². The van der Waals surface area contributed by atoms with Crippen molar-refractivity contribution < 1.29 is 22.4 Å². The fourth-order valence-electron chi connectivity index (χ4n) is 3.24. The van der Waals surface area contributed by atoms with Gasteiger partial charge in [0.25, 0.3) is 12.9 Å². The molecule has 11 heteroatoms. The molecule has 0 aliphatic rings. The monoisotopic (exact) mass is 457 g/mol. The van der Waals surface area contributed by atoms with Crippen LogP contribution in [-0.4, -0.2) is 25.5 Å². The van der Waals surface area contributed by atoms with Gasteiger partial charge in [0.1, 0.15) is 17.9 Å². The van der Waals surface area contributed by atoms with E-state index in [1.807, 2.05) is 31.2 Å². The van der Waals surface area contributed by atoms with Crippen molar-refractivity contribution in [3.8, 4) is 0 Å². The number of carbonyl (C=O) groups excluding carboxylic acids is 1. The van der Waals surface area contributed by atoms with Gasteiger partial charge < -0.3 is 5.32 Å². The number of aryl methyl sites for hydroxylation is 2. The zero-order chi connectivity index (χ0) is 22.9. The van der Waals surface area contributed by atoms with Crippen LogP contribution in [0.3, 0.4) is 0 Å². The van der Waals surface area contributed by atoms with Crippen LogP contribution in [0.5, 0.6) is 0 Å². The summed E-state index contributed by atoms with van der Waals surface area (Å²) in [5.41, 5.74) is 1.85. The Bertz CT molecular complexity index is 1110. The Balaban J connectivity index is 1.81. The molecule has 1 amide bonds. The summed E-state index contributed by atoms with van der Waals surface area (Å²) in [5, 5.41) is 9.61. The van der Waals surface area contributed by atoms with E-state index in [1.165, 1.54) is 0 Å². The smallest absolute Gasteiger partial charge is 0.283 e. The first-order chi connectivity index (χ1) is 14.6. The van der Waals surface area contributed by atoms with Crippen LogP contribution >= 0.6 is 11.6 Å². The summed E-state index contributed by atoms with van der Waals surface area (Å²) >= 11 is 5.62. The summed E-state index contributed by atoms with van der Waals surface area (Å²) in [6.45, 7) is 5.22. The predicted molar refractivity (Wildman–Crippen MR) is 108 cm³/mol. The third-order valence-electron chi connectivity index (χ3n) is 4.89. The number of hydrogen-bond donors (Lipinski definition) is 1. The number of carbonyl (C=O) groups is 1. The Morgan fingerprint density at radius 2 is 1.74 bits per heavy atom. The van der Waals surface area contributed by atoms with Crippen molar-refractivity contribution in [2.75, 3.05) is 5.32 Å². The van der Waals surface area contributed by atoms with Crippen LogP contribution in [0, 0.1) is 20.8 Å². The first kappa shape index (κ1) is 22.8. The number of nitrogens with zero attached hydrogens (tertiary/aromatic N) is 4. The maximum Gasteiger partial charge on any atom is 0.283 e. The van der Waals surface area contributed by atoms with Gasteiger partial charge in [-0.2, -0.15) is 10.2 Å². The minimum absolute atomic E-state index is 0.421. The second-order valence-electron chi connectivity index (χ2n) is 7.02. The number of amides is 1. The van der Waals surface area contributed by atoms with Gasteiger partial charge in [-0.1, -0.05) is 35.9 Å². The second kappa shape index (κ2) is 9.09. The molecule has 0 aliphatic heterocycles. The van der Waals surface area contributed by atoms with Crippen molar-refractivity contribution in [2.24, 2.45) is 0 Å². The van der Waals surface area contributed by atoms with E-state index >= 15 is 0 Å². The van der Waals surface area contributed by atoms with E-state index in [0.29, 0.717) is 28.3 Å². The Morgan fingerprint density at radius 1 is 1.06 bits per heavy atom. The molecule has 2 heterocycles. The van der Waals surface area contributed by atoms with Crippen LogP contribution in [0.4, 0.5) is 23.2 Å². The highest BCUT2D eigenvalue weighted by atomic mass is 35.5. The summed E-state index contributed by atoms with van der Waals surface area (Å²) < 4.78 is 54.7. The molecule has 0 bridgehead atoms. The van der Waals surface area contributed by atoms with Crippen LogP contribution in [-0.2, 0) is 17.9 Å². The molecule has 0 unspecified atom stereocenters. The van der Waals surface area contributed by atoms with E-state index in [-0.39, 0.29) is 0 Å². The Hall–Kier alpha value is -2.88. The maximum atomic E-state index is 13.3. The average Bonchev–Trinajstić information content (AvgIpc) is 3.14. The number of anilines is 1. The zero-order valence-electron chi connectivity index (χ0n) is 17.0. The highest BCUT2D eigenvalue weighted by molar-refractivity contribution is 6.32. The van der Waals surface area contributed by atoms with Crippen molar-refractivity contribution in [1.82, 2.24) is 19.6 Å². The summed E-state index contributed by atoms with van der Waals surface area (Å²) in [6, 6.07) is 7.80. The minimum atomic E-state index is -3.17. The van der Waals surface area contributed by atoms with Gasteiger partial charge >= 0.3 is 0 Å². The Kier molecular flexibility index (Phi) is 6.68. The first-order valence-electron chi connectivity index (χ1n) is 9.30. The van der Waals surface area contributed by atoms with Crippen molar-refractivity contribution in [3.63, 3.8) is 0 Å². The fraction of sp³-hybridized carbons (Fsp3) is 0.350. The molecule has 31 heavy (non-hydrogen) atoms. The maximum absolute atomic E-state index is 13.3. The summed E-state index contributed by atoms with van der Waals surface area (Å²) in [7, 11) is 0. The zero-order valence-corrected chi connectivity index (χ0v) is 17.7. The van der Waals surface area contributed by atoms with E-state index in [1.54, 1.807) is 18.5 Å². The number of nitrogens with one attached hydrogen (secondary N) is 1. The first-order valence-corrected chi connectivity index (χ1v) is 9.68. The van der Waals surface area contributed by atoms with Crippen molar-refractivity contribution in [1.29, 1.82) is 0 Å². The Labute approximate surface area is 180 Å². The van der Waals surface area contributed by atoms with E-state index in [9.17, 15) is 22.4 Å². The number of hydrogen-bond acceptors (Lipinski definition) is 3. The molecule has 3 rings (SSSR count). The van der Waals surface area contributed by atoms with Crippen LogP contribution in [0.15, 0.2) is 24.3 Å². The lowest BCUT2D eigenvalue weighted by atomic mass is 10.1. The topological polar surface area (TPSA) is 64.7 Å². The Morgan fingerprint density at radius 3 is 2.35 bits per heavy atom. The lowest BCUT2D eigenvalue weighted by Crippen LogP contribution is -2.22. The van der Waals surface area contributed by atoms with E-state index < -0.39 is 41.7 Å². The van der Waals surface area contributed by atoms with Gasteiger partial charge in [0.05, 0.1) is 28.6 Å². The molecule has 1 aromatic carbocycles. The van der Waals surface area contributed by atoms with E-state index in [2.05, 4.69) is 15.5 Å². The molecule has 3 aromatic rings. The lowest BCUT2D eigenvalue weighted by Gasteiger charge is -2.10. The molecular formula is C20H20ClF4N5O. The van der Waals surface area contributed by atoms with Crippen LogP contribution < -0.4 is 5.32 Å². The fourth-order valence-corrected chi connectivity index (χ4v) is 3.54. The third-order valence-corrected chi connectivity index (χ3v) is 5.28. The molecule has 0 saturated heterocycles. The van der Waals surface area contributed by atoms with E-state index in [0.717, 1.165) is 11.1 Å². The van der Waals surface area contributed by atoms with Crippen LogP contribution in [0.2, 0.25) is 5.02 Å². The minimum Gasteiger partial charge on any atom is -0.321 e. The molecule has 0 radical (unpaired) electrons. The molecule has 6 nitrogen and oxygen atoms in total. The van der Waals surface area contributed by atoms with Crippen LogP contribution in [0.1, 0.15) is 46.8 Å². The second-order valence-corrected chi connectivity index (χ2v) is 7.40. The summed E-state index contributed by atoms with van der Waals surface area (Å²) in [5.74, 6) is -0.719. The predicted octanol–water partition coefficient (Wildman–Crippen LogP) is 5.22. The largest absolute Gasteiger partial charge is 0.321 e. The van der Waals surface area contributed by atoms with Gasteiger partial charge in [-0.15, -0.1) is 0 Å². The standard InChI is InChI=1S/C20H20ClF4N5O/c1-10-6-4-5-7-13(10)8-29-12(3)16(11(2)27-29)26-14(31)9-30-18(20(24)25)15(21)17(28-30)19(22)23/h4-7,19-20H,8-9H2,1-3H3,(H,26,31). The van der Waals surface area contributed by atoms with Gasteiger partial charge in [-0.25, -0.2) is 17.6 Å². The number of benzene rings is 1. The van der Waals surface area contributed by atoms with Gasteiger partial charge in [-0.3, -0.25) is 14.2 Å². The molecule has 0 aliphatic carbocycles. The van der Waals surface area contributed by atoms with Gasteiger partial charge in [0.15, 0.2) is 0 Å². The number of aromatic nitrogens is 4. The highest BCUT2D eigenvalue weighted by Gasteiger charge is 2.29. The summed E-state index contributed by atoms with van der Waals surface area (Å²) in [4.78, 5) is 12.5. The number of rotatable bonds is 7. The van der Waals surface area contributed by atoms with Gasteiger partial charge in [-0.05, 0) is 31.9 Å². The van der Waals surface area contributed by atoms with Crippen molar-refractivity contribution in [2.45, 2.75) is 46.7 Å². The van der Waals surface area contributed by atoms with Gasteiger partial charge in [0, 0.05) is 0 Å². The lowest BCUT2D eigenvalue weighted by molar-refractivity contribution is -0.117. The molecule has 0 atom stereocenters. The van der Waals surface area contributed by atoms with E-state index in [4.69, 9.17) is 11.6 Å². The molecule has 1 N–H and O–H groups in total. The molecule has 2 aromatic heterocycles. The normalized spacial score (nSPS) is 11.5. The molecule has 0 spiro atoms. The van der Waals surface area contributed by atoms with Gasteiger partial charge in [0.2, 0.25) is 5.91 Å². The third kappa shape index (κ3) is 4.73. The average molecular weight is 458 g/mol. The number of alkyl halides is 4. The molecule has 0 saturated carbocycles. The SMILES string of the molecule is Cc1ccccc1Cn1nc(C)c(NC(=O)Cn2nc(C(F)F)c(Cl)c2C(F)F)c1C. The molecule has 0 fully saturated rings. The number of halogens is 5.